The van der Waals surface area contributed by atoms with E-state index in [1.54, 1.807) is 36.4 Å². The summed E-state index contributed by atoms with van der Waals surface area (Å²) in [7, 11) is 0. The Morgan fingerprint density at radius 3 is 2.38 bits per heavy atom. The molecule has 4 aromatic carbocycles. The second kappa shape index (κ2) is 11.2. The SMILES string of the molecule is O=C(CNc1ccccc1C(=O)NCc1ccc2c(c1)OCO2)Nc1ccccc1Oc1ccccc1. The second-order valence-electron chi connectivity index (χ2n) is 8.23. The van der Waals surface area contributed by atoms with Gasteiger partial charge >= 0.3 is 0 Å². The van der Waals surface area contributed by atoms with E-state index in [2.05, 4.69) is 16.0 Å². The molecule has 8 heteroatoms. The van der Waals surface area contributed by atoms with Crippen LogP contribution in [0.5, 0.6) is 23.0 Å². The number of carbonyl (C=O) groups is 2. The van der Waals surface area contributed by atoms with Crippen LogP contribution in [0.1, 0.15) is 15.9 Å². The summed E-state index contributed by atoms with van der Waals surface area (Å²) in [5.41, 5.74) is 2.42. The van der Waals surface area contributed by atoms with Gasteiger partial charge < -0.3 is 30.2 Å². The fraction of sp³-hybridized carbons (Fsp3) is 0.103. The molecule has 1 aliphatic heterocycles. The van der Waals surface area contributed by atoms with Crippen LogP contribution in [-0.2, 0) is 11.3 Å². The Hall–Kier alpha value is -4.98. The van der Waals surface area contributed by atoms with E-state index in [1.807, 2.05) is 60.7 Å². The molecule has 186 valence electrons. The highest BCUT2D eigenvalue weighted by Gasteiger charge is 2.15. The first-order chi connectivity index (χ1) is 18.2. The highest BCUT2D eigenvalue weighted by atomic mass is 16.7. The van der Waals surface area contributed by atoms with Gasteiger partial charge in [-0.3, -0.25) is 9.59 Å². The van der Waals surface area contributed by atoms with Crippen molar-refractivity contribution in [3.8, 4) is 23.0 Å². The lowest BCUT2D eigenvalue weighted by atomic mass is 10.1. The normalized spacial score (nSPS) is 11.5. The van der Waals surface area contributed by atoms with Crippen LogP contribution >= 0.6 is 0 Å². The van der Waals surface area contributed by atoms with Crippen molar-refractivity contribution in [1.29, 1.82) is 0 Å². The average Bonchev–Trinajstić information content (AvgIpc) is 3.40. The van der Waals surface area contributed by atoms with Gasteiger partial charge in [-0.05, 0) is 54.1 Å². The summed E-state index contributed by atoms with van der Waals surface area (Å²) in [5, 5.41) is 8.85. The number of hydrogen-bond donors (Lipinski definition) is 3. The summed E-state index contributed by atoms with van der Waals surface area (Å²) in [5.74, 6) is 2.02. The Bertz CT molecular complexity index is 1410. The van der Waals surface area contributed by atoms with Gasteiger partial charge in [0, 0.05) is 12.2 Å². The number of para-hydroxylation sites is 4. The predicted octanol–water partition coefficient (Wildman–Crippen LogP) is 5.19. The molecule has 8 nitrogen and oxygen atoms in total. The molecule has 2 amide bonds. The Morgan fingerprint density at radius 1 is 0.784 bits per heavy atom. The Kier molecular flexibility index (Phi) is 7.17. The van der Waals surface area contributed by atoms with Gasteiger partial charge in [-0.1, -0.05) is 48.5 Å². The highest BCUT2D eigenvalue weighted by Crippen LogP contribution is 2.32. The van der Waals surface area contributed by atoms with E-state index in [1.165, 1.54) is 0 Å². The summed E-state index contributed by atoms with van der Waals surface area (Å²) in [6.45, 7) is 0.484. The van der Waals surface area contributed by atoms with Gasteiger partial charge in [-0.15, -0.1) is 0 Å². The highest BCUT2D eigenvalue weighted by molar-refractivity contribution is 6.01. The van der Waals surface area contributed by atoms with Gasteiger partial charge in [0.1, 0.15) is 5.75 Å². The molecular formula is C29H25N3O5. The number of anilines is 2. The minimum atomic E-state index is -0.278. The molecule has 0 unspecified atom stereocenters. The van der Waals surface area contributed by atoms with Crippen molar-refractivity contribution < 1.29 is 23.8 Å². The summed E-state index contributed by atoms with van der Waals surface area (Å²) in [6, 6.07) is 29.1. The number of nitrogens with one attached hydrogen (secondary N) is 3. The van der Waals surface area contributed by atoms with Gasteiger partial charge in [-0.25, -0.2) is 0 Å². The number of ether oxygens (including phenoxy) is 3. The van der Waals surface area contributed by atoms with Crippen LogP contribution in [0, 0.1) is 0 Å². The van der Waals surface area contributed by atoms with Crippen molar-refractivity contribution in [2.45, 2.75) is 6.54 Å². The summed E-state index contributed by atoms with van der Waals surface area (Å²) in [4.78, 5) is 25.6. The maximum absolute atomic E-state index is 12.9. The van der Waals surface area contributed by atoms with Crippen LogP contribution < -0.4 is 30.2 Å². The molecule has 0 saturated heterocycles. The van der Waals surface area contributed by atoms with E-state index < -0.39 is 0 Å². The molecular weight excluding hydrogens is 470 g/mol. The molecule has 0 aromatic heterocycles. The maximum Gasteiger partial charge on any atom is 0.253 e. The van der Waals surface area contributed by atoms with E-state index in [4.69, 9.17) is 14.2 Å². The van der Waals surface area contributed by atoms with Crippen LogP contribution in [0.4, 0.5) is 11.4 Å². The number of rotatable bonds is 9. The maximum atomic E-state index is 12.9. The zero-order chi connectivity index (χ0) is 25.5. The Labute approximate surface area is 214 Å². The zero-order valence-corrected chi connectivity index (χ0v) is 19.9. The molecule has 0 spiro atoms. The fourth-order valence-electron chi connectivity index (χ4n) is 3.81. The summed E-state index contributed by atoms with van der Waals surface area (Å²) >= 11 is 0. The minimum absolute atomic E-state index is 0.0356. The number of carbonyl (C=O) groups excluding carboxylic acids is 2. The van der Waals surface area contributed by atoms with E-state index in [9.17, 15) is 9.59 Å². The van der Waals surface area contributed by atoms with Gasteiger partial charge in [0.05, 0.1) is 17.8 Å². The largest absolute Gasteiger partial charge is 0.455 e. The number of benzene rings is 4. The Balaban J connectivity index is 1.19. The molecule has 5 rings (SSSR count). The minimum Gasteiger partial charge on any atom is -0.455 e. The van der Waals surface area contributed by atoms with E-state index in [0.29, 0.717) is 46.5 Å². The summed E-state index contributed by atoms with van der Waals surface area (Å²) < 4.78 is 16.6. The van der Waals surface area contributed by atoms with Crippen LogP contribution in [0.15, 0.2) is 97.1 Å². The summed E-state index contributed by atoms with van der Waals surface area (Å²) in [6.07, 6.45) is 0. The molecule has 0 bridgehead atoms. The molecule has 0 radical (unpaired) electrons. The van der Waals surface area contributed by atoms with Gasteiger partial charge in [0.2, 0.25) is 12.7 Å². The quantitative estimate of drug-likeness (QED) is 0.296. The molecule has 0 atom stereocenters. The van der Waals surface area contributed by atoms with E-state index in [-0.39, 0.29) is 25.2 Å². The first-order valence-corrected chi connectivity index (χ1v) is 11.8. The molecule has 1 heterocycles. The van der Waals surface area contributed by atoms with E-state index >= 15 is 0 Å². The zero-order valence-electron chi connectivity index (χ0n) is 19.9. The molecule has 3 N–H and O–H groups in total. The van der Waals surface area contributed by atoms with Crippen LogP contribution in [-0.4, -0.2) is 25.2 Å². The van der Waals surface area contributed by atoms with Crippen molar-refractivity contribution in [3.63, 3.8) is 0 Å². The fourth-order valence-corrected chi connectivity index (χ4v) is 3.81. The molecule has 0 saturated carbocycles. The van der Waals surface area contributed by atoms with Crippen molar-refractivity contribution >= 4 is 23.2 Å². The van der Waals surface area contributed by atoms with Crippen molar-refractivity contribution in [1.82, 2.24) is 5.32 Å². The molecule has 4 aromatic rings. The first-order valence-electron chi connectivity index (χ1n) is 11.8. The lowest BCUT2D eigenvalue weighted by molar-refractivity contribution is -0.114. The van der Waals surface area contributed by atoms with Crippen LogP contribution in [0.25, 0.3) is 0 Å². The topological polar surface area (TPSA) is 97.9 Å². The smallest absolute Gasteiger partial charge is 0.253 e. The van der Waals surface area contributed by atoms with Crippen molar-refractivity contribution in [2.75, 3.05) is 24.0 Å². The van der Waals surface area contributed by atoms with Crippen molar-refractivity contribution in [2.24, 2.45) is 0 Å². The Morgan fingerprint density at radius 2 is 1.51 bits per heavy atom. The van der Waals surface area contributed by atoms with Crippen molar-refractivity contribution in [3.05, 3.63) is 108 Å². The molecule has 0 aliphatic carbocycles. The average molecular weight is 496 g/mol. The van der Waals surface area contributed by atoms with Crippen LogP contribution in [0.3, 0.4) is 0 Å². The molecule has 1 aliphatic rings. The van der Waals surface area contributed by atoms with Crippen LogP contribution in [0.2, 0.25) is 0 Å². The standard InChI is InChI=1S/C29H25N3O5/c33-28(32-24-12-6-7-13-25(24)37-21-8-2-1-3-9-21)18-30-23-11-5-4-10-22(23)29(34)31-17-20-14-15-26-27(16-20)36-19-35-26/h1-16,30H,17-19H2,(H,31,34)(H,32,33). The third-order valence-corrected chi connectivity index (χ3v) is 5.63. The van der Waals surface area contributed by atoms with Gasteiger partial charge in [-0.2, -0.15) is 0 Å². The predicted molar refractivity (Wildman–Crippen MR) is 140 cm³/mol. The third kappa shape index (κ3) is 5.99. The number of fused-ring (bicyclic) bond motifs is 1. The third-order valence-electron chi connectivity index (χ3n) is 5.63. The molecule has 0 fully saturated rings. The lowest BCUT2D eigenvalue weighted by Crippen LogP contribution is -2.26. The second-order valence-corrected chi connectivity index (χ2v) is 8.23. The van der Waals surface area contributed by atoms with Gasteiger partial charge in [0.25, 0.3) is 5.91 Å². The molecule has 37 heavy (non-hydrogen) atoms. The van der Waals surface area contributed by atoms with E-state index in [0.717, 1.165) is 5.56 Å². The number of amides is 2. The lowest BCUT2D eigenvalue weighted by Gasteiger charge is -2.14. The first kappa shape index (κ1) is 23.7. The monoisotopic (exact) mass is 495 g/mol. The number of hydrogen-bond acceptors (Lipinski definition) is 6. The van der Waals surface area contributed by atoms with Gasteiger partial charge in [0.15, 0.2) is 17.2 Å².